The highest BCUT2D eigenvalue weighted by Gasteiger charge is 2.38. The van der Waals surface area contributed by atoms with E-state index in [1.54, 1.807) is 0 Å². The van der Waals surface area contributed by atoms with Crippen LogP contribution in [0.1, 0.15) is 28.8 Å². The van der Waals surface area contributed by atoms with E-state index in [1.165, 1.54) is 18.2 Å². The Balaban J connectivity index is 2.41. The molecule has 0 saturated heterocycles. The Labute approximate surface area is 84.9 Å². The summed E-state index contributed by atoms with van der Waals surface area (Å²) in [5.41, 5.74) is -1.01. The predicted molar refractivity (Wildman–Crippen MR) is 48.5 cm³/mol. The van der Waals surface area contributed by atoms with Gasteiger partial charge >= 0.3 is 6.18 Å². The second kappa shape index (κ2) is 3.36. The standard InChI is InChI=1S/C11H9F3O/c12-11(13,14)9-4-2-1-3-8(9)10(15)7-5-6-7/h1-4,7H,5-6H2. The van der Waals surface area contributed by atoms with Crippen LogP contribution in [0.4, 0.5) is 13.2 Å². The number of Topliss-reactive ketones (excluding diaryl/α,β-unsaturated/α-hetero) is 1. The smallest absolute Gasteiger partial charge is 0.294 e. The minimum Gasteiger partial charge on any atom is -0.294 e. The first-order chi connectivity index (χ1) is 7.00. The molecule has 0 aromatic heterocycles. The molecule has 4 heteroatoms. The van der Waals surface area contributed by atoms with Crippen LogP contribution in [-0.2, 0) is 6.18 Å². The fourth-order valence-corrected chi connectivity index (χ4v) is 1.51. The molecule has 1 aliphatic rings. The van der Waals surface area contributed by atoms with Gasteiger partial charge in [-0.1, -0.05) is 18.2 Å². The van der Waals surface area contributed by atoms with Gasteiger partial charge < -0.3 is 0 Å². The van der Waals surface area contributed by atoms with Crippen molar-refractivity contribution in [2.75, 3.05) is 0 Å². The summed E-state index contributed by atoms with van der Waals surface area (Å²) in [5, 5.41) is 0. The molecule has 1 aliphatic carbocycles. The zero-order valence-electron chi connectivity index (χ0n) is 7.84. The topological polar surface area (TPSA) is 17.1 Å². The summed E-state index contributed by atoms with van der Waals surface area (Å²) in [4.78, 5) is 11.6. The maximum atomic E-state index is 12.5. The molecular weight excluding hydrogens is 205 g/mol. The zero-order valence-corrected chi connectivity index (χ0v) is 7.84. The summed E-state index contributed by atoms with van der Waals surface area (Å²) < 4.78 is 37.6. The van der Waals surface area contributed by atoms with Crippen LogP contribution < -0.4 is 0 Å². The number of carbonyl (C=O) groups excluding carboxylic acids is 1. The van der Waals surface area contributed by atoms with Gasteiger partial charge in [0.2, 0.25) is 0 Å². The number of alkyl halides is 3. The van der Waals surface area contributed by atoms with Gasteiger partial charge in [-0.2, -0.15) is 13.2 Å². The molecule has 1 saturated carbocycles. The molecule has 0 aliphatic heterocycles. The second-order valence-corrected chi connectivity index (χ2v) is 3.68. The summed E-state index contributed by atoms with van der Waals surface area (Å²) in [6, 6.07) is 4.97. The Morgan fingerprint density at radius 3 is 2.33 bits per heavy atom. The Morgan fingerprint density at radius 2 is 1.80 bits per heavy atom. The Morgan fingerprint density at radius 1 is 1.20 bits per heavy atom. The van der Waals surface area contributed by atoms with E-state index in [2.05, 4.69) is 0 Å². The zero-order chi connectivity index (χ0) is 11.1. The lowest BCUT2D eigenvalue weighted by atomic mass is 10.0. The third-order valence-electron chi connectivity index (χ3n) is 2.45. The van der Waals surface area contributed by atoms with Crippen LogP contribution in [0.3, 0.4) is 0 Å². The highest BCUT2D eigenvalue weighted by Crippen LogP contribution is 2.37. The van der Waals surface area contributed by atoms with Gasteiger partial charge in [-0.25, -0.2) is 0 Å². The first kappa shape index (κ1) is 10.2. The molecule has 0 spiro atoms. The number of halogens is 3. The first-order valence-corrected chi connectivity index (χ1v) is 4.70. The SMILES string of the molecule is O=C(c1ccccc1C(F)(F)F)C1CC1. The van der Waals surface area contributed by atoms with Gasteiger partial charge in [0, 0.05) is 11.5 Å². The number of hydrogen-bond acceptors (Lipinski definition) is 1. The quantitative estimate of drug-likeness (QED) is 0.690. The molecule has 1 aromatic carbocycles. The van der Waals surface area contributed by atoms with Gasteiger partial charge in [0.05, 0.1) is 5.56 Å². The van der Waals surface area contributed by atoms with E-state index in [0.717, 1.165) is 6.07 Å². The lowest BCUT2D eigenvalue weighted by Gasteiger charge is -2.11. The molecule has 80 valence electrons. The highest BCUT2D eigenvalue weighted by atomic mass is 19.4. The van der Waals surface area contributed by atoms with Crippen molar-refractivity contribution in [2.45, 2.75) is 19.0 Å². The highest BCUT2D eigenvalue weighted by molar-refractivity contribution is 6.00. The summed E-state index contributed by atoms with van der Waals surface area (Å²) >= 11 is 0. The summed E-state index contributed by atoms with van der Waals surface area (Å²) in [7, 11) is 0. The number of benzene rings is 1. The van der Waals surface area contributed by atoms with Crippen LogP contribution in [0.25, 0.3) is 0 Å². The average Bonchev–Trinajstić information content (AvgIpc) is 2.98. The van der Waals surface area contributed by atoms with Crippen molar-refractivity contribution in [3.8, 4) is 0 Å². The van der Waals surface area contributed by atoms with Gasteiger partial charge in [0.15, 0.2) is 5.78 Å². The molecule has 2 rings (SSSR count). The molecular formula is C11H9F3O. The molecule has 0 radical (unpaired) electrons. The summed E-state index contributed by atoms with van der Waals surface area (Å²) in [6.45, 7) is 0. The molecule has 0 bridgehead atoms. The molecule has 1 aromatic rings. The van der Waals surface area contributed by atoms with Crippen LogP contribution in [0, 0.1) is 5.92 Å². The third-order valence-corrected chi connectivity index (χ3v) is 2.45. The number of ketones is 1. The fourth-order valence-electron chi connectivity index (χ4n) is 1.51. The third kappa shape index (κ3) is 2.03. The monoisotopic (exact) mass is 214 g/mol. The van der Waals surface area contributed by atoms with Gasteiger partial charge in [0.1, 0.15) is 0 Å². The second-order valence-electron chi connectivity index (χ2n) is 3.68. The lowest BCUT2D eigenvalue weighted by molar-refractivity contribution is -0.137. The molecule has 0 unspecified atom stereocenters. The average molecular weight is 214 g/mol. The van der Waals surface area contributed by atoms with Gasteiger partial charge in [0.25, 0.3) is 0 Å². The van der Waals surface area contributed by atoms with Crippen LogP contribution in [0.2, 0.25) is 0 Å². The largest absolute Gasteiger partial charge is 0.417 e. The van der Waals surface area contributed by atoms with E-state index >= 15 is 0 Å². The molecule has 1 fully saturated rings. The van der Waals surface area contributed by atoms with Crippen molar-refractivity contribution in [1.29, 1.82) is 0 Å². The van der Waals surface area contributed by atoms with Crippen molar-refractivity contribution >= 4 is 5.78 Å². The van der Waals surface area contributed by atoms with Gasteiger partial charge in [-0.3, -0.25) is 4.79 Å². The van der Waals surface area contributed by atoms with Crippen LogP contribution in [0.5, 0.6) is 0 Å². The van der Waals surface area contributed by atoms with Gasteiger partial charge in [-0.05, 0) is 18.9 Å². The van der Waals surface area contributed by atoms with E-state index < -0.39 is 11.7 Å². The Bertz CT molecular complexity index is 391. The Kier molecular flexibility index (Phi) is 2.29. The number of carbonyl (C=O) groups is 1. The van der Waals surface area contributed by atoms with E-state index in [4.69, 9.17) is 0 Å². The van der Waals surface area contributed by atoms with Gasteiger partial charge in [-0.15, -0.1) is 0 Å². The normalized spacial score (nSPS) is 16.5. The summed E-state index contributed by atoms with van der Waals surface area (Å²) in [5.74, 6) is -0.559. The van der Waals surface area contributed by atoms with E-state index in [9.17, 15) is 18.0 Å². The molecule has 0 heterocycles. The van der Waals surface area contributed by atoms with E-state index in [0.29, 0.717) is 12.8 Å². The van der Waals surface area contributed by atoms with Crippen LogP contribution >= 0.6 is 0 Å². The minimum atomic E-state index is -4.44. The first-order valence-electron chi connectivity index (χ1n) is 4.70. The van der Waals surface area contributed by atoms with Crippen molar-refractivity contribution in [3.63, 3.8) is 0 Å². The molecule has 0 N–H and O–H groups in total. The van der Waals surface area contributed by atoms with Crippen LogP contribution in [-0.4, -0.2) is 5.78 Å². The van der Waals surface area contributed by atoms with Crippen molar-refractivity contribution in [1.82, 2.24) is 0 Å². The summed E-state index contributed by atoms with van der Waals surface area (Å²) in [6.07, 6.45) is -3.02. The predicted octanol–water partition coefficient (Wildman–Crippen LogP) is 3.30. The molecule has 1 nitrogen and oxygen atoms in total. The maximum absolute atomic E-state index is 12.5. The molecule has 15 heavy (non-hydrogen) atoms. The fraction of sp³-hybridized carbons (Fsp3) is 0.364. The minimum absolute atomic E-state index is 0.187. The number of rotatable bonds is 2. The van der Waals surface area contributed by atoms with Crippen LogP contribution in [0.15, 0.2) is 24.3 Å². The Hall–Kier alpha value is -1.32. The maximum Gasteiger partial charge on any atom is 0.417 e. The van der Waals surface area contributed by atoms with E-state index in [1.807, 2.05) is 0 Å². The van der Waals surface area contributed by atoms with E-state index in [-0.39, 0.29) is 17.3 Å². The van der Waals surface area contributed by atoms with Crippen molar-refractivity contribution in [2.24, 2.45) is 5.92 Å². The van der Waals surface area contributed by atoms with Crippen molar-refractivity contribution < 1.29 is 18.0 Å². The lowest BCUT2D eigenvalue weighted by Crippen LogP contribution is -2.13. The van der Waals surface area contributed by atoms with Crippen molar-refractivity contribution in [3.05, 3.63) is 35.4 Å². The molecule has 0 amide bonds. The number of hydrogen-bond donors (Lipinski definition) is 0. The molecule has 0 atom stereocenters.